The Morgan fingerprint density at radius 2 is 2.00 bits per heavy atom. The second-order valence-electron chi connectivity index (χ2n) is 4.44. The van der Waals surface area contributed by atoms with Crippen molar-refractivity contribution in [2.45, 2.75) is 6.42 Å². The first-order valence-electron chi connectivity index (χ1n) is 6.04. The highest BCUT2D eigenvalue weighted by atomic mass is 32.3. The van der Waals surface area contributed by atoms with Gasteiger partial charge in [-0.2, -0.15) is 8.42 Å². The molecule has 0 aliphatic carbocycles. The summed E-state index contributed by atoms with van der Waals surface area (Å²) in [6.45, 7) is 0.891. The van der Waals surface area contributed by atoms with Crippen molar-refractivity contribution < 1.29 is 22.2 Å². The molecular weight excluding hydrogens is 300 g/mol. The van der Waals surface area contributed by atoms with E-state index in [0.717, 1.165) is 17.9 Å². The van der Waals surface area contributed by atoms with Gasteiger partial charge in [-0.3, -0.25) is 4.28 Å². The Morgan fingerprint density at radius 3 is 2.55 bits per heavy atom. The maximum atomic E-state index is 10.5. The van der Waals surface area contributed by atoms with Crippen LogP contribution in [0.3, 0.4) is 0 Å². The fourth-order valence-corrected chi connectivity index (χ4v) is 2.67. The average Bonchev–Trinajstić information content (AvgIpc) is 2.35. The molecule has 8 heteroatoms. The van der Waals surface area contributed by atoms with Crippen molar-refractivity contribution >= 4 is 27.2 Å². The molecule has 0 spiro atoms. The Balaban J connectivity index is 2.68. The van der Waals surface area contributed by atoms with E-state index in [-0.39, 0.29) is 0 Å². The lowest BCUT2D eigenvalue weighted by molar-refractivity contribution is -0.855. The van der Waals surface area contributed by atoms with Crippen molar-refractivity contribution in [3.8, 4) is 0 Å². The summed E-state index contributed by atoms with van der Waals surface area (Å²) in [6.07, 6.45) is 0.434. The lowest BCUT2D eigenvalue weighted by Gasteiger charge is -2.09. The van der Waals surface area contributed by atoms with E-state index < -0.39 is 10.4 Å². The predicted octanol–water partition coefficient (Wildman–Crippen LogP) is -0.103. The van der Waals surface area contributed by atoms with Gasteiger partial charge in [0.1, 0.15) is 5.04 Å². The first-order valence-corrected chi connectivity index (χ1v) is 8.36. The zero-order chi connectivity index (χ0) is 15.0. The van der Waals surface area contributed by atoms with Gasteiger partial charge in [0.05, 0.1) is 20.6 Å². The van der Waals surface area contributed by atoms with Crippen LogP contribution in [-0.2, 0) is 21.1 Å². The summed E-state index contributed by atoms with van der Waals surface area (Å²) in [5.41, 5.74) is 0.975. The summed E-state index contributed by atoms with van der Waals surface area (Å²) < 4.78 is 35.4. The SMILES string of the molecule is C[NH+](C)CCS/C(Cc1ccccc1)=N\OS(=O)(=O)[O-]. The molecule has 1 aromatic rings. The highest BCUT2D eigenvalue weighted by Gasteiger charge is 2.06. The number of hydrogen-bond donors (Lipinski definition) is 1. The standard InChI is InChI=1S/C12H18N2O4S2/c1-14(2)8-9-19-12(13-18-20(15,16)17)10-11-6-4-3-5-7-11/h3-7H,8-10H2,1-2H3,(H,15,16,17)/b13-12-. The van der Waals surface area contributed by atoms with Gasteiger partial charge in [0.15, 0.2) is 0 Å². The Bertz CT molecular complexity index is 530. The second-order valence-corrected chi connectivity index (χ2v) is 6.57. The van der Waals surface area contributed by atoms with Gasteiger partial charge in [0.25, 0.3) is 10.4 Å². The minimum Gasteiger partial charge on any atom is -0.714 e. The van der Waals surface area contributed by atoms with E-state index in [1.54, 1.807) is 0 Å². The van der Waals surface area contributed by atoms with Gasteiger partial charge in [-0.1, -0.05) is 35.5 Å². The second kappa shape index (κ2) is 8.25. The number of thioether (sulfide) groups is 1. The van der Waals surface area contributed by atoms with Gasteiger partial charge in [0, 0.05) is 12.2 Å². The number of quaternary nitrogens is 1. The molecule has 0 unspecified atom stereocenters. The topological polar surface area (TPSA) is 83.2 Å². The molecular formula is C12H18N2O4S2. The average molecular weight is 318 g/mol. The van der Waals surface area contributed by atoms with Crippen LogP contribution in [0, 0.1) is 0 Å². The van der Waals surface area contributed by atoms with Crippen molar-refractivity contribution in [1.29, 1.82) is 0 Å². The zero-order valence-corrected chi connectivity index (χ0v) is 13.0. The first-order chi connectivity index (χ1) is 9.37. The minimum atomic E-state index is -4.81. The highest BCUT2D eigenvalue weighted by molar-refractivity contribution is 8.13. The monoisotopic (exact) mass is 318 g/mol. The predicted molar refractivity (Wildman–Crippen MR) is 78.5 cm³/mol. The quantitative estimate of drug-likeness (QED) is 0.249. The third-order valence-electron chi connectivity index (χ3n) is 2.30. The first kappa shape index (κ1) is 17.0. The summed E-state index contributed by atoms with van der Waals surface area (Å²) in [5, 5.41) is 3.93. The molecule has 0 radical (unpaired) electrons. The van der Waals surface area contributed by atoms with Gasteiger partial charge in [-0.05, 0) is 5.56 Å². The van der Waals surface area contributed by atoms with Crippen LogP contribution in [-0.4, -0.2) is 44.4 Å². The molecule has 0 fully saturated rings. The van der Waals surface area contributed by atoms with Crippen LogP contribution in [0.25, 0.3) is 0 Å². The molecule has 1 rings (SSSR count). The van der Waals surface area contributed by atoms with E-state index in [0.29, 0.717) is 11.5 Å². The molecule has 6 nitrogen and oxygen atoms in total. The number of hydrogen-bond acceptors (Lipinski definition) is 6. The van der Waals surface area contributed by atoms with Gasteiger partial charge >= 0.3 is 0 Å². The molecule has 0 aliphatic heterocycles. The molecule has 0 saturated carbocycles. The molecule has 20 heavy (non-hydrogen) atoms. The van der Waals surface area contributed by atoms with Crippen molar-refractivity contribution in [3.63, 3.8) is 0 Å². The Kier molecular flexibility index (Phi) is 7.00. The van der Waals surface area contributed by atoms with E-state index >= 15 is 0 Å². The van der Waals surface area contributed by atoms with Crippen LogP contribution < -0.4 is 4.90 Å². The molecule has 0 aliphatic rings. The maximum Gasteiger partial charge on any atom is 0.284 e. The van der Waals surface area contributed by atoms with Crippen LogP contribution in [0.15, 0.2) is 35.5 Å². The summed E-state index contributed by atoms with van der Waals surface area (Å²) >= 11 is 1.39. The lowest BCUT2D eigenvalue weighted by atomic mass is 10.2. The van der Waals surface area contributed by atoms with Crippen molar-refractivity contribution in [3.05, 3.63) is 35.9 Å². The number of oxime groups is 1. The zero-order valence-electron chi connectivity index (χ0n) is 11.4. The normalized spacial score (nSPS) is 12.7. The van der Waals surface area contributed by atoms with E-state index in [2.05, 4.69) is 9.44 Å². The third-order valence-corrected chi connectivity index (χ3v) is 3.52. The molecule has 0 heterocycles. The van der Waals surface area contributed by atoms with Gasteiger partial charge in [0.2, 0.25) is 0 Å². The molecule has 0 saturated heterocycles. The fourth-order valence-electron chi connectivity index (χ4n) is 1.34. The van der Waals surface area contributed by atoms with Gasteiger partial charge in [-0.25, -0.2) is 0 Å². The van der Waals surface area contributed by atoms with E-state index in [4.69, 9.17) is 0 Å². The molecule has 1 N–H and O–H groups in total. The molecule has 0 bridgehead atoms. The van der Waals surface area contributed by atoms with Crippen molar-refractivity contribution in [2.24, 2.45) is 5.16 Å². The summed E-state index contributed by atoms with van der Waals surface area (Å²) in [5.74, 6) is 0.760. The molecule has 0 aromatic heterocycles. The molecule has 0 amide bonds. The molecule has 0 atom stereocenters. The van der Waals surface area contributed by atoms with Gasteiger partial charge in [-0.15, -0.1) is 11.8 Å². The van der Waals surface area contributed by atoms with Crippen molar-refractivity contribution in [1.82, 2.24) is 0 Å². The highest BCUT2D eigenvalue weighted by Crippen LogP contribution is 2.11. The number of rotatable bonds is 7. The number of benzene rings is 1. The lowest BCUT2D eigenvalue weighted by Crippen LogP contribution is -3.06. The van der Waals surface area contributed by atoms with Crippen LogP contribution in [0.1, 0.15) is 5.56 Å². The number of nitrogens with zero attached hydrogens (tertiary/aromatic N) is 1. The van der Waals surface area contributed by atoms with E-state index in [9.17, 15) is 13.0 Å². The van der Waals surface area contributed by atoms with Gasteiger partial charge < -0.3 is 9.45 Å². The Morgan fingerprint density at radius 1 is 1.35 bits per heavy atom. The molecule has 1 aromatic carbocycles. The maximum absolute atomic E-state index is 10.5. The smallest absolute Gasteiger partial charge is 0.284 e. The van der Waals surface area contributed by atoms with Crippen LogP contribution in [0.4, 0.5) is 0 Å². The molecule has 112 valence electrons. The third kappa shape index (κ3) is 8.16. The minimum absolute atomic E-state index is 0.434. The summed E-state index contributed by atoms with van der Waals surface area (Å²) in [4.78, 5) is 1.27. The largest absolute Gasteiger partial charge is 0.714 e. The summed E-state index contributed by atoms with van der Waals surface area (Å²) in [6, 6.07) is 9.46. The van der Waals surface area contributed by atoms with Crippen molar-refractivity contribution in [2.75, 3.05) is 26.4 Å². The number of nitrogens with one attached hydrogen (secondary N) is 1. The Hall–Kier alpha value is -1.09. The van der Waals surface area contributed by atoms with E-state index in [1.165, 1.54) is 16.7 Å². The van der Waals surface area contributed by atoms with Crippen LogP contribution in [0.5, 0.6) is 0 Å². The van der Waals surface area contributed by atoms with Crippen LogP contribution >= 0.6 is 11.8 Å². The Labute approximate surface area is 123 Å². The summed E-state index contributed by atoms with van der Waals surface area (Å²) in [7, 11) is -0.767. The van der Waals surface area contributed by atoms with E-state index in [1.807, 2.05) is 44.4 Å². The fraction of sp³-hybridized carbons (Fsp3) is 0.417. The van der Waals surface area contributed by atoms with Crippen LogP contribution in [0.2, 0.25) is 0 Å².